The van der Waals surface area contributed by atoms with Gasteiger partial charge in [0, 0.05) is 36.2 Å². The highest BCUT2D eigenvalue weighted by atomic mass is 79.9. The zero-order valence-corrected chi connectivity index (χ0v) is 19.9. The Morgan fingerprint density at radius 3 is 2.58 bits per heavy atom. The van der Waals surface area contributed by atoms with Crippen molar-refractivity contribution in [2.45, 2.75) is 37.1 Å². The Hall–Kier alpha value is -2.26. The fourth-order valence-electron chi connectivity index (χ4n) is 4.32. The van der Waals surface area contributed by atoms with Gasteiger partial charge in [0.1, 0.15) is 17.1 Å². The Labute approximate surface area is 189 Å². The van der Waals surface area contributed by atoms with Crippen molar-refractivity contribution in [1.29, 1.82) is 0 Å². The van der Waals surface area contributed by atoms with E-state index in [0.29, 0.717) is 30.5 Å². The normalized spacial score (nSPS) is 20.2. The zero-order chi connectivity index (χ0) is 22.5. The molecular weight excluding hydrogens is 485 g/mol. The fraction of sp³-hybridized carbons (Fsp3) is 0.364. The molecule has 31 heavy (non-hydrogen) atoms. The third-order valence-electron chi connectivity index (χ3n) is 5.73. The van der Waals surface area contributed by atoms with E-state index in [1.807, 2.05) is 25.1 Å². The number of benzene rings is 2. The quantitative estimate of drug-likeness (QED) is 0.468. The summed E-state index contributed by atoms with van der Waals surface area (Å²) in [7, 11) is -0.985. The molecule has 1 aliphatic carbocycles. The predicted molar refractivity (Wildman–Crippen MR) is 121 cm³/mol. The molecule has 2 atom stereocenters. The molecule has 4 rings (SSSR count). The van der Waals surface area contributed by atoms with Crippen molar-refractivity contribution in [3.05, 3.63) is 57.3 Å². The van der Waals surface area contributed by atoms with E-state index >= 15 is 0 Å². The number of hydrogen-bond donors (Lipinski definition) is 0. The molecule has 1 amide bonds. The monoisotopic (exact) mass is 507 g/mol. The second-order valence-electron chi connectivity index (χ2n) is 8.35. The van der Waals surface area contributed by atoms with Crippen LogP contribution in [0.3, 0.4) is 0 Å². The number of sulfonamides is 1. The molecule has 2 aromatic carbocycles. The highest BCUT2D eigenvalue weighted by Gasteiger charge is 2.38. The highest BCUT2D eigenvalue weighted by molar-refractivity contribution is 9.10. The third-order valence-corrected chi connectivity index (χ3v) is 7.46. The molecule has 0 N–H and O–H groups in total. The molecule has 1 heterocycles. The molecule has 6 nitrogen and oxygen atoms in total. The van der Waals surface area contributed by atoms with Crippen LogP contribution in [0.15, 0.2) is 44.1 Å². The van der Waals surface area contributed by atoms with Gasteiger partial charge in [-0.05, 0) is 67.1 Å². The van der Waals surface area contributed by atoms with Crippen molar-refractivity contribution in [1.82, 2.24) is 4.90 Å². The number of hydrogen-bond acceptors (Lipinski definition) is 3. The van der Waals surface area contributed by atoms with Crippen LogP contribution in [0.2, 0.25) is 0 Å². The second kappa shape index (κ2) is 8.02. The van der Waals surface area contributed by atoms with Crippen molar-refractivity contribution in [2.24, 2.45) is 10.3 Å². The molecule has 2 aliphatic rings. The SMILES string of the molecule is C[C@@H]1Cc2cc(F)c(S(=O)(=O)/N=C/N(C)C)cc2N1C(=O)C1Cc2ccc(Br)cc2C1. The van der Waals surface area contributed by atoms with Crippen LogP contribution in [0.1, 0.15) is 23.6 Å². The van der Waals surface area contributed by atoms with Crippen LogP contribution < -0.4 is 4.90 Å². The molecule has 0 bridgehead atoms. The molecule has 0 radical (unpaired) electrons. The largest absolute Gasteiger partial charge is 0.368 e. The van der Waals surface area contributed by atoms with Gasteiger partial charge >= 0.3 is 0 Å². The lowest BCUT2D eigenvalue weighted by molar-refractivity contribution is -0.122. The predicted octanol–water partition coefficient (Wildman–Crippen LogP) is 3.56. The number of rotatable bonds is 4. The summed E-state index contributed by atoms with van der Waals surface area (Å²) in [5, 5.41) is 0. The van der Waals surface area contributed by atoms with Gasteiger partial charge in [0.15, 0.2) is 0 Å². The maximum absolute atomic E-state index is 14.7. The van der Waals surface area contributed by atoms with Crippen molar-refractivity contribution in [2.75, 3.05) is 19.0 Å². The van der Waals surface area contributed by atoms with Crippen LogP contribution in [-0.4, -0.2) is 45.7 Å². The van der Waals surface area contributed by atoms with Gasteiger partial charge < -0.3 is 9.80 Å². The van der Waals surface area contributed by atoms with Gasteiger partial charge in [0.2, 0.25) is 5.91 Å². The smallest absolute Gasteiger partial charge is 0.286 e. The molecule has 0 spiro atoms. The standard InChI is InChI=1S/C22H23BrFN3O3S/c1-13-6-16-10-19(24)21(31(29,30)25-12-26(2)3)11-20(16)27(13)22(28)17-7-14-4-5-18(23)9-15(14)8-17/h4-5,9-13,17H,6-8H2,1-3H3/b25-12+/t13-,17?/m1/s1. The number of anilines is 1. The maximum Gasteiger partial charge on any atom is 0.286 e. The third kappa shape index (κ3) is 4.13. The van der Waals surface area contributed by atoms with E-state index in [0.717, 1.165) is 21.9 Å². The summed E-state index contributed by atoms with van der Waals surface area (Å²) in [4.78, 5) is 16.0. The van der Waals surface area contributed by atoms with Gasteiger partial charge in [-0.25, -0.2) is 4.39 Å². The molecule has 1 aliphatic heterocycles. The van der Waals surface area contributed by atoms with E-state index in [2.05, 4.69) is 20.3 Å². The Morgan fingerprint density at radius 1 is 1.16 bits per heavy atom. The van der Waals surface area contributed by atoms with Crippen molar-refractivity contribution in [3.63, 3.8) is 0 Å². The van der Waals surface area contributed by atoms with Gasteiger partial charge in [-0.2, -0.15) is 8.42 Å². The lowest BCUT2D eigenvalue weighted by Crippen LogP contribution is -2.40. The van der Waals surface area contributed by atoms with Gasteiger partial charge in [0.25, 0.3) is 10.0 Å². The fourth-order valence-corrected chi connectivity index (χ4v) is 5.72. The van der Waals surface area contributed by atoms with Crippen molar-refractivity contribution >= 4 is 43.9 Å². The van der Waals surface area contributed by atoms with E-state index in [9.17, 15) is 17.6 Å². The van der Waals surface area contributed by atoms with Crippen molar-refractivity contribution < 1.29 is 17.6 Å². The number of nitrogens with zero attached hydrogens (tertiary/aromatic N) is 3. The van der Waals surface area contributed by atoms with E-state index in [4.69, 9.17) is 0 Å². The first-order valence-corrected chi connectivity index (χ1v) is 12.2. The minimum atomic E-state index is -4.23. The molecular formula is C22H23BrFN3O3S. The van der Waals surface area contributed by atoms with E-state index in [1.54, 1.807) is 19.0 Å². The van der Waals surface area contributed by atoms with Crippen LogP contribution in [0, 0.1) is 11.7 Å². The Kier molecular flexibility index (Phi) is 5.68. The van der Waals surface area contributed by atoms with E-state index in [1.165, 1.54) is 17.0 Å². The van der Waals surface area contributed by atoms with Crippen LogP contribution in [-0.2, 0) is 34.1 Å². The van der Waals surface area contributed by atoms with Gasteiger partial charge in [-0.15, -0.1) is 4.40 Å². The maximum atomic E-state index is 14.7. The summed E-state index contributed by atoms with van der Waals surface area (Å²) < 4.78 is 44.3. The first-order valence-electron chi connectivity index (χ1n) is 9.96. The summed E-state index contributed by atoms with van der Waals surface area (Å²) >= 11 is 3.47. The summed E-state index contributed by atoms with van der Waals surface area (Å²) in [5.74, 6) is -1.14. The lowest BCUT2D eigenvalue weighted by atomic mass is 10.0. The summed E-state index contributed by atoms with van der Waals surface area (Å²) in [5.41, 5.74) is 3.37. The molecule has 1 unspecified atom stereocenters. The lowest BCUT2D eigenvalue weighted by Gasteiger charge is -2.26. The highest BCUT2D eigenvalue weighted by Crippen LogP contribution is 2.39. The van der Waals surface area contributed by atoms with Crippen molar-refractivity contribution in [3.8, 4) is 0 Å². The van der Waals surface area contributed by atoms with E-state index < -0.39 is 20.7 Å². The van der Waals surface area contributed by atoms with Crippen LogP contribution >= 0.6 is 15.9 Å². The van der Waals surface area contributed by atoms with E-state index in [-0.39, 0.29) is 17.9 Å². The van der Waals surface area contributed by atoms with Gasteiger partial charge in [-0.1, -0.05) is 22.0 Å². The number of fused-ring (bicyclic) bond motifs is 2. The summed E-state index contributed by atoms with van der Waals surface area (Å²) in [6.45, 7) is 1.90. The number of carbonyl (C=O) groups excluding carboxylic acids is 1. The molecule has 0 saturated carbocycles. The zero-order valence-electron chi connectivity index (χ0n) is 17.5. The molecule has 0 aromatic heterocycles. The van der Waals surface area contributed by atoms with Gasteiger partial charge in [-0.3, -0.25) is 4.79 Å². The Bertz CT molecular complexity index is 1200. The number of halogens is 2. The average Bonchev–Trinajstić information content (AvgIpc) is 3.24. The Morgan fingerprint density at radius 2 is 1.87 bits per heavy atom. The first-order chi connectivity index (χ1) is 14.6. The minimum absolute atomic E-state index is 0.0645. The number of amides is 1. The second-order valence-corrected chi connectivity index (χ2v) is 10.9. The van der Waals surface area contributed by atoms with Crippen LogP contribution in [0.25, 0.3) is 0 Å². The van der Waals surface area contributed by atoms with Crippen LogP contribution in [0.5, 0.6) is 0 Å². The molecule has 0 fully saturated rings. The molecule has 2 aromatic rings. The molecule has 0 saturated heterocycles. The Balaban J connectivity index is 1.68. The minimum Gasteiger partial charge on any atom is -0.368 e. The average molecular weight is 508 g/mol. The number of carbonyl (C=O) groups is 1. The first kappa shape index (κ1) is 22.0. The topological polar surface area (TPSA) is 70.1 Å². The van der Waals surface area contributed by atoms with Gasteiger partial charge in [0.05, 0.1) is 0 Å². The molecule has 164 valence electrons. The molecule has 9 heteroatoms. The van der Waals surface area contributed by atoms with Crippen LogP contribution in [0.4, 0.5) is 10.1 Å². The summed E-state index contributed by atoms with van der Waals surface area (Å²) in [6.07, 6.45) is 2.86. The summed E-state index contributed by atoms with van der Waals surface area (Å²) in [6, 6.07) is 8.32.